The summed E-state index contributed by atoms with van der Waals surface area (Å²) in [7, 11) is 11.5. The van der Waals surface area contributed by atoms with Crippen LogP contribution in [-0.2, 0) is 45.1 Å². The van der Waals surface area contributed by atoms with Crippen LogP contribution in [0.1, 0.15) is 112 Å². The molecule has 0 bridgehead atoms. The van der Waals surface area contributed by atoms with Crippen LogP contribution in [0.2, 0.25) is 15.1 Å². The number of aryl methyl sites for hydroxylation is 3. The van der Waals surface area contributed by atoms with E-state index in [1.807, 2.05) is 93.6 Å². The van der Waals surface area contributed by atoms with Crippen LogP contribution in [0.15, 0.2) is 176 Å². The summed E-state index contributed by atoms with van der Waals surface area (Å²) in [5.41, 5.74) is 13.9. The number of nitrogens with zero attached hydrogens (tertiary/aromatic N) is 9. The Hall–Kier alpha value is -12.6. The Labute approximate surface area is 645 Å². The zero-order valence-electron chi connectivity index (χ0n) is 60.6. The molecule has 0 radical (unpaired) electrons. The first kappa shape index (κ1) is 83.7. The van der Waals surface area contributed by atoms with Crippen molar-refractivity contribution >= 4 is 111 Å². The van der Waals surface area contributed by atoms with E-state index in [0.717, 1.165) is 62.3 Å². The summed E-state index contributed by atoms with van der Waals surface area (Å²) in [5, 5.41) is 33.8. The minimum atomic E-state index is -0.677. The van der Waals surface area contributed by atoms with Crippen molar-refractivity contribution in [1.82, 2.24) is 39.1 Å². The van der Waals surface area contributed by atoms with E-state index in [0.29, 0.717) is 62.8 Å². The highest BCUT2D eigenvalue weighted by Crippen LogP contribution is 2.25. The molecule has 0 aliphatic heterocycles. The standard InChI is InChI=1S/2C21H20ClN3O4.C13H13N3O5.C13H15N3O3.C8H6Cl2O/c2*1-13-4-7-15(10-17(13)22)20(26)23-19-11-18(21(27)29-3)25(24-19)12-14-5-8-16(28-2)9-6-14;1-20-10-5-3-9(4-6-10)8-15-11(13(17)21-2)7-12(14-15)16(18)19;1-18-10-5-3-9(4-6-10)8-16-11(13(17)19-2)7-12(14)15-16;1-5-2-3-6(8(10)11)4-7(5)9/h2*4-11H,12H2,1-3H3,(H,23,24,26);3-7H,8H2,1-2H3;3-7H,8H2,1-2H3,(H2,14,15);2-4H,1H3. The number of halogens is 4. The lowest BCUT2D eigenvalue weighted by Crippen LogP contribution is -2.14. The number of esters is 4. The molecule has 11 aromatic rings. The van der Waals surface area contributed by atoms with Crippen LogP contribution >= 0.6 is 46.4 Å². The molecule has 0 saturated carbocycles. The van der Waals surface area contributed by atoms with Gasteiger partial charge < -0.3 is 64.4 Å². The minimum Gasteiger partial charge on any atom is -0.497 e. The van der Waals surface area contributed by atoms with Gasteiger partial charge in [0.1, 0.15) is 45.9 Å². The van der Waals surface area contributed by atoms with Gasteiger partial charge in [0.05, 0.1) is 94.2 Å². The highest BCUT2D eigenvalue weighted by Gasteiger charge is 2.25. The Kier molecular flexibility index (Phi) is 30.9. The first-order valence-electron chi connectivity index (χ1n) is 32.3. The summed E-state index contributed by atoms with van der Waals surface area (Å²) in [6.45, 7) is 6.86. The Morgan fingerprint density at radius 1 is 0.394 bits per heavy atom. The monoisotopic (exact) mass is 1570 g/mol. The average Bonchev–Trinajstić information content (AvgIpc) is 1.69. The van der Waals surface area contributed by atoms with Crippen molar-refractivity contribution in [3.63, 3.8) is 0 Å². The zero-order valence-corrected chi connectivity index (χ0v) is 63.6. The number of benzene rings is 7. The number of rotatable bonds is 22. The van der Waals surface area contributed by atoms with Gasteiger partial charge in [0.15, 0.2) is 17.3 Å². The summed E-state index contributed by atoms with van der Waals surface area (Å²) >= 11 is 23.2. The summed E-state index contributed by atoms with van der Waals surface area (Å²) < 4.78 is 45.1. The third kappa shape index (κ3) is 24.0. The molecule has 7 aromatic carbocycles. The number of nitro groups is 1. The van der Waals surface area contributed by atoms with E-state index in [9.17, 15) is 43.7 Å². The Morgan fingerprint density at radius 2 is 0.670 bits per heavy atom. The molecule has 0 unspecified atom stereocenters. The van der Waals surface area contributed by atoms with Gasteiger partial charge in [0.2, 0.25) is 0 Å². The number of carbonyl (C=O) groups is 7. The molecule has 11 rings (SSSR count). The van der Waals surface area contributed by atoms with E-state index in [4.69, 9.17) is 80.6 Å². The second-order valence-corrected chi connectivity index (χ2v) is 24.6. The van der Waals surface area contributed by atoms with Gasteiger partial charge in [-0.05, 0) is 161 Å². The van der Waals surface area contributed by atoms with Crippen molar-refractivity contribution in [2.24, 2.45) is 0 Å². The van der Waals surface area contributed by atoms with Gasteiger partial charge in [-0.1, -0.05) is 102 Å². The summed E-state index contributed by atoms with van der Waals surface area (Å²) in [4.78, 5) is 93.3. The fraction of sp³-hybridized carbons (Fsp3) is 0.197. The number of ether oxygens (including phenoxy) is 8. The van der Waals surface area contributed by atoms with Gasteiger partial charge in [-0.2, -0.15) is 20.0 Å². The molecular weight excluding hydrogens is 1490 g/mol. The maximum atomic E-state index is 12.5. The smallest absolute Gasteiger partial charge is 0.390 e. The maximum absolute atomic E-state index is 12.5. The first-order valence-corrected chi connectivity index (χ1v) is 33.8. The van der Waals surface area contributed by atoms with Gasteiger partial charge in [0, 0.05) is 50.0 Å². The molecule has 29 nitrogen and oxygen atoms in total. The maximum Gasteiger partial charge on any atom is 0.390 e. The number of nitrogens with one attached hydrogen (secondary N) is 2. The van der Waals surface area contributed by atoms with Gasteiger partial charge in [-0.25, -0.2) is 19.2 Å². The van der Waals surface area contributed by atoms with Crippen LogP contribution in [-0.4, -0.2) is 142 Å². The SMILES string of the molecule is COC(=O)c1cc(N)nn1Cc1ccc(OC)cc1.COC(=O)c1cc(NC(=O)c2ccc(C)c(Cl)c2)nn1Cc1ccc(OC)cc1.COC(=O)c1cc(NC(=O)c2ccc(C)c(Cl)c2)nn1Cc1ccc(OC)cc1.COC(=O)c1cc([N+](=O)[O-])nn1Cc1ccc(OC)cc1.Cc1ccc(C(=O)Cl)cc1Cl. The Balaban J connectivity index is 0.000000195. The van der Waals surface area contributed by atoms with Crippen molar-refractivity contribution < 1.29 is 76.4 Å². The van der Waals surface area contributed by atoms with Gasteiger partial charge >= 0.3 is 29.7 Å². The quantitative estimate of drug-likeness (QED) is 0.0186. The molecule has 109 heavy (non-hydrogen) atoms. The van der Waals surface area contributed by atoms with E-state index in [2.05, 4.69) is 40.5 Å². The normalized spacial score (nSPS) is 10.3. The second kappa shape index (κ2) is 40.2. The molecule has 4 aromatic heterocycles. The van der Waals surface area contributed by atoms with Crippen LogP contribution in [0.4, 0.5) is 23.3 Å². The molecule has 0 spiro atoms. The van der Waals surface area contributed by atoms with Gasteiger partial charge in [-0.3, -0.25) is 28.4 Å². The third-order valence-corrected chi connectivity index (χ3v) is 17.0. The summed E-state index contributed by atoms with van der Waals surface area (Å²) in [5.74, 6) is 0.292. The lowest BCUT2D eigenvalue weighted by atomic mass is 10.1. The average molecular weight is 1570 g/mol. The fourth-order valence-electron chi connectivity index (χ4n) is 9.62. The number of nitrogens with two attached hydrogens (primary N) is 1. The third-order valence-electron chi connectivity index (χ3n) is 15.6. The first-order chi connectivity index (χ1) is 52.1. The zero-order chi connectivity index (χ0) is 79.6. The highest BCUT2D eigenvalue weighted by molar-refractivity contribution is 6.67. The molecule has 0 aliphatic rings. The largest absolute Gasteiger partial charge is 0.497 e. The Bertz CT molecular complexity index is 4860. The number of amides is 2. The van der Waals surface area contributed by atoms with Crippen molar-refractivity contribution in [3.05, 3.63) is 280 Å². The van der Waals surface area contributed by atoms with E-state index in [1.54, 1.807) is 107 Å². The van der Waals surface area contributed by atoms with Crippen LogP contribution in [0, 0.1) is 30.9 Å². The molecule has 0 atom stereocenters. The molecular formula is C76H74Cl4N12O17. The number of hydrogen-bond acceptors (Lipinski definition) is 22. The lowest BCUT2D eigenvalue weighted by Gasteiger charge is -2.07. The van der Waals surface area contributed by atoms with Crippen LogP contribution in [0.25, 0.3) is 0 Å². The fourth-order valence-corrected chi connectivity index (χ4v) is 10.3. The Morgan fingerprint density at radius 3 is 0.954 bits per heavy atom. The summed E-state index contributed by atoms with van der Waals surface area (Å²) in [6, 6.07) is 49.9. The predicted molar refractivity (Wildman–Crippen MR) is 408 cm³/mol. The van der Waals surface area contributed by atoms with E-state index >= 15 is 0 Å². The summed E-state index contributed by atoms with van der Waals surface area (Å²) in [6.07, 6.45) is 0. The number of nitrogen functional groups attached to an aromatic ring is 1. The van der Waals surface area contributed by atoms with Crippen molar-refractivity contribution in [1.29, 1.82) is 0 Å². The van der Waals surface area contributed by atoms with E-state index < -0.39 is 39.9 Å². The molecule has 2 amide bonds. The lowest BCUT2D eigenvalue weighted by molar-refractivity contribution is -0.389. The minimum absolute atomic E-state index is 0.0278. The number of anilines is 3. The van der Waals surface area contributed by atoms with E-state index in [-0.39, 0.29) is 52.9 Å². The molecule has 0 aliphatic carbocycles. The topological polar surface area (TPSA) is 358 Å². The highest BCUT2D eigenvalue weighted by atomic mass is 35.5. The van der Waals surface area contributed by atoms with Crippen LogP contribution in [0.5, 0.6) is 23.0 Å². The van der Waals surface area contributed by atoms with Crippen LogP contribution < -0.4 is 35.3 Å². The molecule has 33 heteroatoms. The molecule has 4 heterocycles. The van der Waals surface area contributed by atoms with Crippen molar-refractivity contribution in [2.45, 2.75) is 47.0 Å². The number of aromatic nitrogens is 8. The van der Waals surface area contributed by atoms with Crippen molar-refractivity contribution in [2.75, 3.05) is 73.2 Å². The van der Waals surface area contributed by atoms with Gasteiger partial charge in [-0.15, -0.1) is 0 Å². The number of hydrogen-bond donors (Lipinski definition) is 3. The van der Waals surface area contributed by atoms with Crippen LogP contribution in [0.3, 0.4) is 0 Å². The molecule has 4 N–H and O–H groups in total. The predicted octanol–water partition coefficient (Wildman–Crippen LogP) is 13.9. The van der Waals surface area contributed by atoms with E-state index in [1.165, 1.54) is 65.4 Å². The van der Waals surface area contributed by atoms with Gasteiger partial charge in [0.25, 0.3) is 17.1 Å². The van der Waals surface area contributed by atoms with Crippen molar-refractivity contribution in [3.8, 4) is 23.0 Å². The molecule has 0 fully saturated rings. The number of carbonyl (C=O) groups excluding carboxylic acids is 7. The molecule has 0 saturated heterocycles. The molecule has 568 valence electrons. The number of methoxy groups -OCH3 is 8. The second-order valence-electron chi connectivity index (χ2n) is 23.0.